The maximum atomic E-state index is 12.7. The van der Waals surface area contributed by atoms with Crippen LogP contribution < -0.4 is 5.56 Å². The van der Waals surface area contributed by atoms with Gasteiger partial charge in [-0.3, -0.25) is 9.69 Å². The average Bonchev–Trinajstić information content (AvgIpc) is 3.29. The molecule has 1 N–H and O–H groups in total. The molecule has 0 unspecified atom stereocenters. The highest BCUT2D eigenvalue weighted by molar-refractivity contribution is 5.55. The van der Waals surface area contributed by atoms with E-state index in [4.69, 9.17) is 4.98 Å². The van der Waals surface area contributed by atoms with Crippen LogP contribution in [0.5, 0.6) is 0 Å². The summed E-state index contributed by atoms with van der Waals surface area (Å²) < 4.78 is 2.09. The fourth-order valence-electron chi connectivity index (χ4n) is 4.76. The largest absolute Gasteiger partial charge is 0.337 e. The number of fused-ring (bicyclic) bond motifs is 2. The number of rotatable bonds is 3. The highest BCUT2D eigenvalue weighted by atomic mass is 16.1. The summed E-state index contributed by atoms with van der Waals surface area (Å²) in [7, 11) is 2.04. The molecule has 2 aliphatic rings. The van der Waals surface area contributed by atoms with Gasteiger partial charge in [0.1, 0.15) is 11.6 Å². The fourth-order valence-corrected chi connectivity index (χ4v) is 4.76. The molecule has 0 amide bonds. The molecule has 1 fully saturated rings. The number of nitrogens with one attached hydrogen (secondary N) is 1. The molecule has 1 aliphatic carbocycles. The molecule has 2 aromatic heterocycles. The SMILES string of the molecule is Cn1ccnc1CN1CCC2(CCc3c2nc(-c2ccccc2)[nH]c3=O)CC1. The number of aromatic amines is 1. The quantitative estimate of drug-likeness (QED) is 0.764. The fraction of sp³-hybridized carbons (Fsp3) is 0.409. The Morgan fingerprint density at radius 1 is 1.14 bits per heavy atom. The lowest BCUT2D eigenvalue weighted by molar-refractivity contribution is 0.146. The molecule has 28 heavy (non-hydrogen) atoms. The Morgan fingerprint density at radius 2 is 1.93 bits per heavy atom. The summed E-state index contributed by atoms with van der Waals surface area (Å²) in [5.74, 6) is 1.80. The molecule has 144 valence electrons. The first-order valence-corrected chi connectivity index (χ1v) is 10.0. The minimum Gasteiger partial charge on any atom is -0.337 e. The molecule has 1 aromatic carbocycles. The maximum Gasteiger partial charge on any atom is 0.254 e. The van der Waals surface area contributed by atoms with Gasteiger partial charge in [0.25, 0.3) is 5.56 Å². The van der Waals surface area contributed by atoms with Gasteiger partial charge in [-0.2, -0.15) is 0 Å². The zero-order valence-corrected chi connectivity index (χ0v) is 16.2. The van der Waals surface area contributed by atoms with Crippen molar-refractivity contribution in [1.29, 1.82) is 0 Å². The molecular weight excluding hydrogens is 350 g/mol. The molecule has 1 spiro atoms. The second-order valence-corrected chi connectivity index (χ2v) is 8.12. The van der Waals surface area contributed by atoms with Crippen LogP contribution in [0, 0.1) is 0 Å². The first kappa shape index (κ1) is 17.4. The monoisotopic (exact) mass is 375 g/mol. The van der Waals surface area contributed by atoms with Crippen LogP contribution in [0.3, 0.4) is 0 Å². The summed E-state index contributed by atoms with van der Waals surface area (Å²) in [5.41, 5.74) is 3.00. The van der Waals surface area contributed by atoms with Crippen LogP contribution in [0.2, 0.25) is 0 Å². The van der Waals surface area contributed by atoms with Crippen molar-refractivity contribution in [2.24, 2.45) is 7.05 Å². The highest BCUT2D eigenvalue weighted by Crippen LogP contribution is 2.44. The van der Waals surface area contributed by atoms with E-state index in [1.165, 1.54) is 0 Å². The van der Waals surface area contributed by atoms with Gasteiger partial charge in [0.2, 0.25) is 0 Å². The molecule has 0 atom stereocenters. The van der Waals surface area contributed by atoms with Crippen LogP contribution in [0.25, 0.3) is 11.4 Å². The van der Waals surface area contributed by atoms with Gasteiger partial charge >= 0.3 is 0 Å². The van der Waals surface area contributed by atoms with Crippen molar-refractivity contribution in [3.8, 4) is 11.4 Å². The summed E-state index contributed by atoms with van der Waals surface area (Å²) in [6.07, 6.45) is 7.83. The van der Waals surface area contributed by atoms with Gasteiger partial charge in [-0.05, 0) is 38.8 Å². The zero-order chi connectivity index (χ0) is 19.1. The van der Waals surface area contributed by atoms with Crippen LogP contribution in [0.4, 0.5) is 0 Å². The number of likely N-dealkylation sites (tertiary alicyclic amines) is 1. The standard InChI is InChI=1S/C22H25N5O/c1-26-14-11-23-18(26)15-27-12-9-22(10-13-27)8-7-17-19(22)24-20(25-21(17)28)16-5-3-2-4-6-16/h2-6,11,14H,7-10,12-13,15H2,1H3,(H,24,25,28). The van der Waals surface area contributed by atoms with Crippen molar-refractivity contribution in [2.45, 2.75) is 37.6 Å². The Bertz CT molecular complexity index is 1040. The van der Waals surface area contributed by atoms with Crippen molar-refractivity contribution >= 4 is 0 Å². The van der Waals surface area contributed by atoms with Crippen molar-refractivity contribution in [2.75, 3.05) is 13.1 Å². The number of imidazole rings is 1. The maximum absolute atomic E-state index is 12.7. The third-order valence-electron chi connectivity index (χ3n) is 6.52. The topological polar surface area (TPSA) is 66.8 Å². The van der Waals surface area contributed by atoms with Crippen LogP contribution in [0.1, 0.15) is 36.3 Å². The molecule has 0 bridgehead atoms. The lowest BCUT2D eigenvalue weighted by atomic mass is 9.76. The predicted molar refractivity (Wildman–Crippen MR) is 108 cm³/mol. The van der Waals surface area contributed by atoms with Gasteiger partial charge in [-0.1, -0.05) is 30.3 Å². The Balaban J connectivity index is 1.41. The molecular formula is C22H25N5O. The van der Waals surface area contributed by atoms with Crippen molar-refractivity contribution < 1.29 is 0 Å². The Labute approximate surface area is 164 Å². The Morgan fingerprint density at radius 3 is 2.64 bits per heavy atom. The van der Waals surface area contributed by atoms with Gasteiger partial charge in [-0.25, -0.2) is 9.97 Å². The van der Waals surface area contributed by atoms with Crippen LogP contribution >= 0.6 is 0 Å². The first-order chi connectivity index (χ1) is 13.6. The van der Waals surface area contributed by atoms with Gasteiger partial charge in [0.15, 0.2) is 0 Å². The lowest BCUT2D eigenvalue weighted by Gasteiger charge is -2.39. The predicted octanol–water partition coefficient (Wildman–Crippen LogP) is 2.65. The Hall–Kier alpha value is -2.73. The summed E-state index contributed by atoms with van der Waals surface area (Å²) in [5, 5.41) is 0. The number of aryl methyl sites for hydroxylation is 1. The number of hydrogen-bond acceptors (Lipinski definition) is 4. The summed E-state index contributed by atoms with van der Waals surface area (Å²) in [6.45, 7) is 2.91. The normalized spacial score (nSPS) is 18.5. The lowest BCUT2D eigenvalue weighted by Crippen LogP contribution is -2.42. The van der Waals surface area contributed by atoms with Crippen molar-refractivity contribution in [1.82, 2.24) is 24.4 Å². The molecule has 6 nitrogen and oxygen atoms in total. The molecule has 5 rings (SSSR count). The molecule has 0 radical (unpaired) electrons. The van der Waals surface area contributed by atoms with Gasteiger partial charge in [-0.15, -0.1) is 0 Å². The number of nitrogens with zero attached hydrogens (tertiary/aromatic N) is 4. The smallest absolute Gasteiger partial charge is 0.254 e. The summed E-state index contributed by atoms with van der Waals surface area (Å²) in [4.78, 5) is 27.6. The van der Waals surface area contributed by atoms with Crippen molar-refractivity contribution in [3.63, 3.8) is 0 Å². The zero-order valence-electron chi connectivity index (χ0n) is 16.2. The second kappa shape index (κ2) is 6.71. The number of aromatic nitrogens is 4. The molecule has 0 saturated carbocycles. The van der Waals surface area contributed by atoms with Gasteiger partial charge < -0.3 is 9.55 Å². The first-order valence-electron chi connectivity index (χ1n) is 10.0. The van der Waals surface area contributed by atoms with E-state index < -0.39 is 0 Å². The van der Waals surface area contributed by atoms with E-state index >= 15 is 0 Å². The number of benzene rings is 1. The molecule has 3 aromatic rings. The van der Waals surface area contributed by atoms with E-state index in [0.29, 0.717) is 5.82 Å². The molecule has 1 saturated heterocycles. The minimum atomic E-state index is 0.0381. The van der Waals surface area contributed by atoms with E-state index in [1.807, 2.05) is 49.8 Å². The minimum absolute atomic E-state index is 0.0381. The van der Waals surface area contributed by atoms with Crippen LogP contribution in [-0.4, -0.2) is 37.5 Å². The number of piperidine rings is 1. The summed E-state index contributed by atoms with van der Waals surface area (Å²) >= 11 is 0. The molecule has 6 heteroatoms. The van der Waals surface area contributed by atoms with E-state index in [-0.39, 0.29) is 11.0 Å². The van der Waals surface area contributed by atoms with E-state index in [1.54, 1.807) is 0 Å². The van der Waals surface area contributed by atoms with Crippen LogP contribution in [0.15, 0.2) is 47.5 Å². The average molecular weight is 375 g/mol. The number of hydrogen-bond donors (Lipinski definition) is 1. The van der Waals surface area contributed by atoms with E-state index in [9.17, 15) is 4.79 Å². The third kappa shape index (κ3) is 2.88. The van der Waals surface area contributed by atoms with Gasteiger partial charge in [0.05, 0.1) is 12.2 Å². The van der Waals surface area contributed by atoms with Crippen LogP contribution in [-0.2, 0) is 25.4 Å². The van der Waals surface area contributed by atoms with E-state index in [0.717, 1.165) is 68.0 Å². The molecule has 1 aliphatic heterocycles. The number of H-pyrrole nitrogens is 1. The van der Waals surface area contributed by atoms with Crippen molar-refractivity contribution in [3.05, 3.63) is 70.2 Å². The molecule has 3 heterocycles. The third-order valence-corrected chi connectivity index (χ3v) is 6.52. The summed E-state index contributed by atoms with van der Waals surface area (Å²) in [6, 6.07) is 9.94. The Kier molecular flexibility index (Phi) is 4.16. The second-order valence-electron chi connectivity index (χ2n) is 8.12. The highest BCUT2D eigenvalue weighted by Gasteiger charge is 2.44. The van der Waals surface area contributed by atoms with E-state index in [2.05, 4.69) is 19.4 Å². The van der Waals surface area contributed by atoms with Gasteiger partial charge in [0, 0.05) is 36.0 Å².